The fourth-order valence-electron chi connectivity index (χ4n) is 8.44. The predicted octanol–water partition coefficient (Wildman–Crippen LogP) is 14.2. The lowest BCUT2D eigenvalue weighted by molar-refractivity contribution is 0.620. The number of rotatable bonds is 5. The van der Waals surface area contributed by atoms with E-state index in [1.807, 2.05) is 42.5 Å². The Labute approximate surface area is 336 Å². The molecule has 0 unspecified atom stereocenters. The molecule has 0 atom stereocenters. The Hall–Kier alpha value is -7.54. The van der Waals surface area contributed by atoms with Crippen LogP contribution in [0.3, 0.4) is 0 Å². The predicted molar refractivity (Wildman–Crippen MR) is 240 cm³/mol. The first-order chi connectivity index (χ1) is 28.7. The molecule has 0 saturated carbocycles. The van der Waals surface area contributed by atoms with Gasteiger partial charge in [-0.15, -0.1) is 11.3 Å². The van der Waals surface area contributed by atoms with Gasteiger partial charge in [0.2, 0.25) is 5.89 Å². The number of thiophene rings is 1. The quantitative estimate of drug-likeness (QED) is 0.164. The fraction of sp³-hybridized carbons (Fsp3) is 0. The van der Waals surface area contributed by atoms with E-state index >= 15 is 0 Å². The van der Waals surface area contributed by atoms with Crippen LogP contribution in [-0.2, 0) is 0 Å². The van der Waals surface area contributed by atoms with E-state index in [0.29, 0.717) is 23.4 Å². The van der Waals surface area contributed by atoms with Gasteiger partial charge in [-0.1, -0.05) is 146 Å². The average molecular weight is 759 g/mol. The lowest BCUT2D eigenvalue weighted by atomic mass is 9.93. The van der Waals surface area contributed by atoms with E-state index in [2.05, 4.69) is 140 Å². The Morgan fingerprint density at radius 3 is 1.71 bits per heavy atom. The van der Waals surface area contributed by atoms with Crippen molar-refractivity contribution in [3.8, 4) is 56.7 Å². The molecule has 0 fully saturated rings. The van der Waals surface area contributed by atoms with Gasteiger partial charge in [0.1, 0.15) is 5.52 Å². The van der Waals surface area contributed by atoms with Gasteiger partial charge in [-0.3, -0.25) is 0 Å². The number of hydrogen-bond acceptors (Lipinski definition) is 6. The van der Waals surface area contributed by atoms with Crippen molar-refractivity contribution in [3.05, 3.63) is 182 Å². The van der Waals surface area contributed by atoms with Gasteiger partial charge in [0, 0.05) is 48.0 Å². The monoisotopic (exact) mass is 758 g/mol. The number of benzene rings is 9. The van der Waals surface area contributed by atoms with Crippen LogP contribution >= 0.6 is 11.3 Å². The topological polar surface area (TPSA) is 64.7 Å². The molecule has 0 amide bonds. The normalized spacial score (nSPS) is 11.8. The van der Waals surface area contributed by atoms with Crippen LogP contribution in [0.4, 0.5) is 0 Å². The lowest BCUT2D eigenvalue weighted by Gasteiger charge is -2.11. The van der Waals surface area contributed by atoms with Gasteiger partial charge in [-0.05, 0) is 74.3 Å². The maximum atomic E-state index is 6.52. The van der Waals surface area contributed by atoms with E-state index in [1.165, 1.54) is 47.8 Å². The van der Waals surface area contributed by atoms with Crippen molar-refractivity contribution < 1.29 is 4.42 Å². The summed E-state index contributed by atoms with van der Waals surface area (Å²) in [6, 6.07) is 63.3. The number of nitrogens with zero attached hydrogens (tertiary/aromatic N) is 4. The summed E-state index contributed by atoms with van der Waals surface area (Å²) in [6.07, 6.45) is 0. The fourth-order valence-corrected chi connectivity index (χ4v) is 9.65. The van der Waals surface area contributed by atoms with Crippen molar-refractivity contribution in [2.45, 2.75) is 0 Å². The molecule has 0 aliphatic heterocycles. The first kappa shape index (κ1) is 32.7. The summed E-state index contributed by atoms with van der Waals surface area (Å²) < 4.78 is 8.92. The lowest BCUT2D eigenvalue weighted by Crippen LogP contribution is -2.00. The molecule has 0 spiro atoms. The summed E-state index contributed by atoms with van der Waals surface area (Å²) in [4.78, 5) is 20.5. The van der Waals surface area contributed by atoms with E-state index in [1.54, 1.807) is 11.3 Å². The van der Waals surface area contributed by atoms with Crippen molar-refractivity contribution >= 4 is 74.9 Å². The Kier molecular flexibility index (Phi) is 7.33. The largest absolute Gasteiger partial charge is 0.436 e. The van der Waals surface area contributed by atoms with E-state index in [-0.39, 0.29) is 0 Å². The smallest absolute Gasteiger partial charge is 0.227 e. The zero-order valence-corrected chi connectivity index (χ0v) is 31.7. The van der Waals surface area contributed by atoms with Gasteiger partial charge in [-0.25, -0.2) is 19.9 Å². The number of fused-ring (bicyclic) bond motifs is 10. The highest BCUT2D eigenvalue weighted by atomic mass is 32.1. The van der Waals surface area contributed by atoms with Crippen molar-refractivity contribution in [2.24, 2.45) is 0 Å². The van der Waals surface area contributed by atoms with Gasteiger partial charge in [-0.2, -0.15) is 0 Å². The van der Waals surface area contributed by atoms with Crippen molar-refractivity contribution in [2.75, 3.05) is 0 Å². The molecule has 0 radical (unpaired) electrons. The maximum Gasteiger partial charge on any atom is 0.227 e. The molecule has 12 rings (SSSR count). The molecule has 0 bridgehead atoms. The second kappa shape index (κ2) is 13.0. The van der Waals surface area contributed by atoms with Crippen LogP contribution in [0, 0.1) is 0 Å². The molecular formula is C52H30N4OS. The minimum atomic E-state index is 0.586. The first-order valence-electron chi connectivity index (χ1n) is 19.3. The van der Waals surface area contributed by atoms with Crippen LogP contribution in [0.1, 0.15) is 0 Å². The molecule has 9 aromatic carbocycles. The standard InChI is InChI=1S/C52H30N4OS/c1-2-13-31(14-3-1)49-54-50(56-51(55-49)43-24-11-23-42-41-21-8-9-26-46(41)58-48(42)43)33-16-10-15-32(29-33)35-22-12-25-45-47(35)53-52(57-45)34-27-28-40-38-19-5-4-17-36(38)37-18-6-7-20-39(37)44(40)30-34/h1-30H. The Balaban J connectivity index is 0.985. The second-order valence-electron chi connectivity index (χ2n) is 14.6. The number of para-hydroxylation sites is 1. The minimum Gasteiger partial charge on any atom is -0.436 e. The summed E-state index contributed by atoms with van der Waals surface area (Å²) in [7, 11) is 0. The third-order valence-electron chi connectivity index (χ3n) is 11.2. The summed E-state index contributed by atoms with van der Waals surface area (Å²) >= 11 is 1.77. The molecule has 0 aliphatic rings. The number of hydrogen-bond donors (Lipinski definition) is 0. The van der Waals surface area contributed by atoms with Crippen molar-refractivity contribution in [3.63, 3.8) is 0 Å². The molecule has 0 N–H and O–H groups in total. The highest BCUT2D eigenvalue weighted by Crippen LogP contribution is 2.41. The molecular weight excluding hydrogens is 729 g/mol. The molecule has 270 valence electrons. The Morgan fingerprint density at radius 2 is 0.914 bits per heavy atom. The van der Waals surface area contributed by atoms with Crippen LogP contribution in [0.2, 0.25) is 0 Å². The molecule has 3 aromatic heterocycles. The summed E-state index contributed by atoms with van der Waals surface area (Å²) in [5.41, 5.74) is 7.24. The zero-order chi connectivity index (χ0) is 38.2. The molecule has 12 aromatic rings. The summed E-state index contributed by atoms with van der Waals surface area (Å²) in [5, 5.41) is 9.77. The number of aromatic nitrogens is 4. The molecule has 0 aliphatic carbocycles. The van der Waals surface area contributed by atoms with Gasteiger partial charge < -0.3 is 4.42 Å². The highest BCUT2D eigenvalue weighted by Gasteiger charge is 2.19. The summed E-state index contributed by atoms with van der Waals surface area (Å²) in [5.74, 6) is 2.46. The van der Waals surface area contributed by atoms with Crippen molar-refractivity contribution in [1.29, 1.82) is 0 Å². The molecule has 3 heterocycles. The Morgan fingerprint density at radius 1 is 0.345 bits per heavy atom. The van der Waals surface area contributed by atoms with Gasteiger partial charge in [0.05, 0.1) is 0 Å². The van der Waals surface area contributed by atoms with Crippen LogP contribution < -0.4 is 0 Å². The molecule has 58 heavy (non-hydrogen) atoms. The van der Waals surface area contributed by atoms with Crippen molar-refractivity contribution in [1.82, 2.24) is 19.9 Å². The van der Waals surface area contributed by atoms with E-state index in [9.17, 15) is 0 Å². The van der Waals surface area contributed by atoms with E-state index in [4.69, 9.17) is 24.4 Å². The zero-order valence-electron chi connectivity index (χ0n) is 30.9. The third-order valence-corrected chi connectivity index (χ3v) is 12.4. The maximum absolute atomic E-state index is 6.52. The van der Waals surface area contributed by atoms with Gasteiger partial charge in [0.15, 0.2) is 23.1 Å². The second-order valence-corrected chi connectivity index (χ2v) is 15.6. The molecule has 0 saturated heterocycles. The van der Waals surface area contributed by atoms with Crippen LogP contribution in [0.25, 0.3) is 120 Å². The van der Waals surface area contributed by atoms with Crippen LogP contribution in [-0.4, -0.2) is 19.9 Å². The summed E-state index contributed by atoms with van der Waals surface area (Å²) in [6.45, 7) is 0. The highest BCUT2D eigenvalue weighted by molar-refractivity contribution is 7.26. The minimum absolute atomic E-state index is 0.586. The third kappa shape index (κ3) is 5.23. The van der Waals surface area contributed by atoms with Gasteiger partial charge >= 0.3 is 0 Å². The average Bonchev–Trinajstić information content (AvgIpc) is 3.92. The van der Waals surface area contributed by atoms with E-state index < -0.39 is 0 Å². The number of oxazole rings is 1. The molecule has 6 heteroatoms. The Bertz CT molecular complexity index is 3550. The van der Waals surface area contributed by atoms with E-state index in [0.717, 1.165) is 49.2 Å². The molecule has 5 nitrogen and oxygen atoms in total. The van der Waals surface area contributed by atoms with Gasteiger partial charge in [0.25, 0.3) is 0 Å². The SMILES string of the molecule is c1ccc(-c2nc(-c3cccc(-c4cccc5oc(-c6ccc7c8ccccc8c8ccccc8c7c6)nc45)c3)nc(-c3cccc4c3sc3ccccc34)n2)cc1. The van der Waals surface area contributed by atoms with Crippen LogP contribution in [0.15, 0.2) is 186 Å². The van der Waals surface area contributed by atoms with Crippen LogP contribution in [0.5, 0.6) is 0 Å². The first-order valence-corrected chi connectivity index (χ1v) is 20.1.